The van der Waals surface area contributed by atoms with E-state index in [1.54, 1.807) is 19.1 Å². The Hall–Kier alpha value is -3.92. The van der Waals surface area contributed by atoms with Crippen LogP contribution in [0.2, 0.25) is 0 Å². The molecule has 0 aliphatic carbocycles. The first kappa shape index (κ1) is 22.1. The summed E-state index contributed by atoms with van der Waals surface area (Å²) >= 11 is 0. The molecule has 192 valence electrons. The number of carbonyl (C=O) groups excluding carboxylic acids is 1. The Bertz CT molecular complexity index is 1880. The summed E-state index contributed by atoms with van der Waals surface area (Å²) < 4.78 is 22.8. The van der Waals surface area contributed by atoms with E-state index in [9.17, 15) is 10.0 Å². The van der Waals surface area contributed by atoms with E-state index in [4.69, 9.17) is 14.2 Å². The summed E-state index contributed by atoms with van der Waals surface area (Å²) in [5, 5.41) is 17.8. The number of nitrogens with zero attached hydrogens (tertiary/aromatic N) is 4. The van der Waals surface area contributed by atoms with Crippen LogP contribution >= 0.6 is 0 Å². The van der Waals surface area contributed by atoms with E-state index in [0.29, 0.717) is 18.7 Å². The molecule has 0 radical (unpaired) electrons. The summed E-state index contributed by atoms with van der Waals surface area (Å²) in [6, 6.07) is 16.4. The lowest BCUT2D eigenvalue weighted by Gasteiger charge is -2.44. The van der Waals surface area contributed by atoms with Gasteiger partial charge in [-0.2, -0.15) is 0 Å². The number of carbonyl (C=O) groups is 1. The largest absolute Gasteiger partial charge is 0.411 e. The maximum atomic E-state index is 14.0. The number of amides is 1. The molecule has 0 spiro atoms. The minimum absolute atomic E-state index is 0.0322. The summed E-state index contributed by atoms with van der Waals surface area (Å²) in [6.07, 6.45) is -0.733. The lowest BCUT2D eigenvalue weighted by molar-refractivity contribution is -0.211. The Morgan fingerprint density at radius 3 is 2.47 bits per heavy atom. The van der Waals surface area contributed by atoms with E-state index in [2.05, 4.69) is 38.6 Å². The summed E-state index contributed by atoms with van der Waals surface area (Å²) in [5.74, 6) is -0.0322. The van der Waals surface area contributed by atoms with Gasteiger partial charge in [0, 0.05) is 48.7 Å². The molecule has 3 atom stereocenters. The van der Waals surface area contributed by atoms with Gasteiger partial charge in [0.1, 0.15) is 19.1 Å². The molecule has 1 fully saturated rings. The third kappa shape index (κ3) is 2.38. The Morgan fingerprint density at radius 1 is 1.05 bits per heavy atom. The molecule has 5 aromatic rings. The van der Waals surface area contributed by atoms with Crippen LogP contribution in [0.3, 0.4) is 0 Å². The molecule has 5 heterocycles. The van der Waals surface area contributed by atoms with Crippen molar-refractivity contribution in [1.82, 2.24) is 14.0 Å². The molecule has 3 unspecified atom stereocenters. The van der Waals surface area contributed by atoms with Crippen LogP contribution in [0.1, 0.15) is 35.5 Å². The van der Waals surface area contributed by atoms with Gasteiger partial charge in [0.15, 0.2) is 5.72 Å². The van der Waals surface area contributed by atoms with Crippen molar-refractivity contribution in [2.45, 2.75) is 37.9 Å². The molecular formula is C29H26N4O5. The van der Waals surface area contributed by atoms with E-state index < -0.39 is 18.1 Å². The minimum atomic E-state index is -1.02. The van der Waals surface area contributed by atoms with Crippen LogP contribution in [0.15, 0.2) is 53.7 Å². The highest BCUT2D eigenvalue weighted by molar-refractivity contribution is 6.31. The maximum Gasteiger partial charge on any atom is 0.257 e. The standard InChI is InChI=1S/C29H26N4O5/c1-29-27(37-3)18(30-35)12-21(38-29)32-19-10-6-4-8-15(19)23-24-17(13-31(14-36-2)28(24)34)22-16-9-5-7-11-20(16)33(29)26(22)25(23)32/h4-11,21,27,35H,12-14H2,1-3H3. The van der Waals surface area contributed by atoms with Crippen LogP contribution in [-0.2, 0) is 26.5 Å². The molecule has 0 saturated carbocycles. The van der Waals surface area contributed by atoms with E-state index in [0.717, 1.165) is 54.7 Å². The highest BCUT2D eigenvalue weighted by Crippen LogP contribution is 2.53. The van der Waals surface area contributed by atoms with Gasteiger partial charge in [-0.3, -0.25) is 4.79 Å². The van der Waals surface area contributed by atoms with Crippen molar-refractivity contribution in [3.8, 4) is 0 Å². The molecule has 1 saturated heterocycles. The van der Waals surface area contributed by atoms with Crippen LogP contribution < -0.4 is 0 Å². The van der Waals surface area contributed by atoms with E-state index in [1.807, 2.05) is 31.2 Å². The van der Waals surface area contributed by atoms with Crippen molar-refractivity contribution in [3.05, 3.63) is 59.7 Å². The van der Waals surface area contributed by atoms with Gasteiger partial charge < -0.3 is 33.5 Å². The van der Waals surface area contributed by atoms with Crippen molar-refractivity contribution in [2.75, 3.05) is 21.0 Å². The first-order valence-electron chi connectivity index (χ1n) is 12.7. The molecule has 8 rings (SSSR count). The molecule has 9 heteroatoms. The number of benzene rings is 3. The molecule has 2 bridgehead atoms. The van der Waals surface area contributed by atoms with Crippen LogP contribution in [-0.4, -0.2) is 57.9 Å². The Morgan fingerprint density at radius 2 is 1.76 bits per heavy atom. The molecule has 3 aliphatic heterocycles. The number of fused-ring (bicyclic) bond motifs is 13. The second-order valence-electron chi connectivity index (χ2n) is 10.5. The SMILES string of the molecule is COCN1Cc2c(c3c4ccccc4n4c3c3c2c2ccccc2n3C2(C)OC4CC(=NO)C2OC)C1=O. The highest BCUT2D eigenvalue weighted by atomic mass is 16.6. The fraction of sp³-hybridized carbons (Fsp3) is 0.310. The number of oxime groups is 1. The third-order valence-corrected chi connectivity index (χ3v) is 8.64. The normalized spacial score (nSPS) is 25.5. The zero-order valence-corrected chi connectivity index (χ0v) is 21.3. The van der Waals surface area contributed by atoms with Crippen molar-refractivity contribution < 1.29 is 24.2 Å². The topological polar surface area (TPSA) is 90.5 Å². The average Bonchev–Trinajstić information content (AvgIpc) is 3.54. The van der Waals surface area contributed by atoms with Crippen molar-refractivity contribution in [3.63, 3.8) is 0 Å². The Balaban J connectivity index is 1.68. The van der Waals surface area contributed by atoms with Crippen LogP contribution in [0.4, 0.5) is 0 Å². The predicted octanol–water partition coefficient (Wildman–Crippen LogP) is 4.91. The number of methoxy groups -OCH3 is 2. The first-order valence-corrected chi connectivity index (χ1v) is 12.7. The smallest absolute Gasteiger partial charge is 0.257 e. The summed E-state index contributed by atoms with van der Waals surface area (Å²) in [4.78, 5) is 15.7. The maximum absolute atomic E-state index is 14.0. The molecule has 2 aromatic heterocycles. The zero-order valence-electron chi connectivity index (χ0n) is 21.3. The molecule has 3 aromatic carbocycles. The van der Waals surface area contributed by atoms with Gasteiger partial charge in [0.05, 0.1) is 33.3 Å². The third-order valence-electron chi connectivity index (χ3n) is 8.64. The minimum Gasteiger partial charge on any atom is -0.411 e. The first-order chi connectivity index (χ1) is 18.5. The van der Waals surface area contributed by atoms with Crippen LogP contribution in [0, 0.1) is 0 Å². The molecule has 9 nitrogen and oxygen atoms in total. The lowest BCUT2D eigenvalue weighted by Crippen LogP contribution is -2.54. The highest BCUT2D eigenvalue weighted by Gasteiger charge is 2.52. The van der Waals surface area contributed by atoms with Gasteiger partial charge in [-0.25, -0.2) is 0 Å². The zero-order chi connectivity index (χ0) is 25.9. The molecule has 3 aliphatic rings. The van der Waals surface area contributed by atoms with Gasteiger partial charge in [-0.05, 0) is 24.6 Å². The average molecular weight is 511 g/mol. The second-order valence-corrected chi connectivity index (χ2v) is 10.5. The van der Waals surface area contributed by atoms with Crippen molar-refractivity contribution >= 4 is 55.2 Å². The van der Waals surface area contributed by atoms with E-state index in [1.165, 1.54) is 0 Å². The number of rotatable bonds is 3. The Kier molecular flexibility index (Phi) is 4.27. The number of hydrogen-bond acceptors (Lipinski definition) is 6. The van der Waals surface area contributed by atoms with Crippen LogP contribution in [0.5, 0.6) is 0 Å². The monoisotopic (exact) mass is 510 g/mol. The number of ether oxygens (including phenoxy) is 3. The molecule has 38 heavy (non-hydrogen) atoms. The number of para-hydroxylation sites is 2. The second kappa shape index (κ2) is 7.35. The van der Waals surface area contributed by atoms with Crippen molar-refractivity contribution in [1.29, 1.82) is 0 Å². The number of aromatic nitrogens is 2. The van der Waals surface area contributed by atoms with Crippen LogP contribution in [0.25, 0.3) is 43.6 Å². The van der Waals surface area contributed by atoms with Gasteiger partial charge in [0.25, 0.3) is 5.91 Å². The predicted molar refractivity (Wildman–Crippen MR) is 143 cm³/mol. The fourth-order valence-electron chi connectivity index (χ4n) is 7.37. The van der Waals surface area contributed by atoms with Gasteiger partial charge in [-0.1, -0.05) is 41.6 Å². The van der Waals surface area contributed by atoms with E-state index >= 15 is 0 Å². The quantitative estimate of drug-likeness (QED) is 0.275. The molecular weight excluding hydrogens is 484 g/mol. The van der Waals surface area contributed by atoms with Gasteiger partial charge in [0.2, 0.25) is 0 Å². The molecule has 1 N–H and O–H groups in total. The summed E-state index contributed by atoms with van der Waals surface area (Å²) in [6.45, 7) is 2.68. The number of hydrogen-bond donors (Lipinski definition) is 1. The molecule has 1 amide bonds. The lowest BCUT2D eigenvalue weighted by atomic mass is 9.95. The van der Waals surface area contributed by atoms with E-state index in [-0.39, 0.29) is 12.6 Å². The Labute approximate surface area is 217 Å². The summed E-state index contributed by atoms with van der Waals surface area (Å²) in [7, 11) is 3.23. The fourth-order valence-corrected chi connectivity index (χ4v) is 7.37. The van der Waals surface area contributed by atoms with Crippen molar-refractivity contribution in [2.24, 2.45) is 5.16 Å². The summed E-state index contributed by atoms with van der Waals surface area (Å²) in [5.41, 5.74) is 5.11. The van der Waals surface area contributed by atoms with Gasteiger partial charge >= 0.3 is 0 Å². The van der Waals surface area contributed by atoms with Gasteiger partial charge in [-0.15, -0.1) is 0 Å².